The molecule has 4 aliphatic rings. The van der Waals surface area contributed by atoms with Gasteiger partial charge >= 0.3 is 0 Å². The molecule has 140 valence electrons. The summed E-state index contributed by atoms with van der Waals surface area (Å²) in [7, 11) is 0. The molecule has 0 aliphatic heterocycles. The Kier molecular flexibility index (Phi) is 3.78. The van der Waals surface area contributed by atoms with Gasteiger partial charge in [0.2, 0.25) is 0 Å². The number of hydrogen-bond acceptors (Lipinski definition) is 4. The second-order valence-corrected chi connectivity index (χ2v) is 9.12. The van der Waals surface area contributed by atoms with Gasteiger partial charge < -0.3 is 10.2 Å². The van der Waals surface area contributed by atoms with Crippen molar-refractivity contribution in [2.24, 2.45) is 28.6 Å². The zero-order valence-corrected chi connectivity index (χ0v) is 15.8. The van der Waals surface area contributed by atoms with Crippen LogP contribution in [0.3, 0.4) is 0 Å². The number of Topliss-reactive ketones (excluding diaryl/α,β-unsaturated/α-hetero) is 1. The molecule has 0 aromatic rings. The largest absolute Gasteiger partial charge is 0.388 e. The van der Waals surface area contributed by atoms with Crippen molar-refractivity contribution in [2.45, 2.75) is 52.1 Å². The number of allylic oxidation sites excluding steroid dienone is 6. The van der Waals surface area contributed by atoms with Crippen molar-refractivity contribution in [3.63, 3.8) is 0 Å². The highest BCUT2D eigenvalue weighted by atomic mass is 16.3. The summed E-state index contributed by atoms with van der Waals surface area (Å²) in [6.07, 6.45) is 10.9. The standard InChI is InChI=1S/C22H28O4/c1-13-10-18-16-5-4-14-11-15(24)6-8-20(14,2)17(16)7-9-21(18,3)22(13,26)19(25)12-23/h6-8,11,13,16,18,23,26H,4-5,9-10,12H2,1-3H3/t13-,16-,18-,20-,21+,22+/m1/s1. The van der Waals surface area contributed by atoms with Crippen molar-refractivity contribution < 1.29 is 19.8 Å². The van der Waals surface area contributed by atoms with Crippen molar-refractivity contribution in [3.05, 3.63) is 35.5 Å². The molecule has 4 nitrogen and oxygen atoms in total. The topological polar surface area (TPSA) is 74.6 Å². The highest BCUT2D eigenvalue weighted by Crippen LogP contribution is 2.66. The van der Waals surface area contributed by atoms with Crippen LogP contribution in [-0.4, -0.2) is 34.0 Å². The fourth-order valence-corrected chi connectivity index (χ4v) is 6.58. The van der Waals surface area contributed by atoms with E-state index in [1.165, 1.54) is 11.1 Å². The first-order chi connectivity index (χ1) is 12.2. The normalized spacial score (nSPS) is 46.8. The summed E-state index contributed by atoms with van der Waals surface area (Å²) < 4.78 is 0. The lowest BCUT2D eigenvalue weighted by Gasteiger charge is -2.53. The second kappa shape index (κ2) is 5.49. The van der Waals surface area contributed by atoms with E-state index in [1.54, 1.807) is 12.2 Å². The Morgan fingerprint density at radius 3 is 2.77 bits per heavy atom. The molecule has 0 bridgehead atoms. The second-order valence-electron chi connectivity index (χ2n) is 9.12. The monoisotopic (exact) mass is 356 g/mol. The molecule has 4 aliphatic carbocycles. The number of ketones is 2. The Labute approximate surface area is 154 Å². The molecule has 0 heterocycles. The molecule has 0 aromatic carbocycles. The van der Waals surface area contributed by atoms with Crippen LogP contribution in [0.25, 0.3) is 0 Å². The van der Waals surface area contributed by atoms with Crippen LogP contribution in [0.4, 0.5) is 0 Å². The number of carbonyl (C=O) groups is 2. The van der Waals surface area contributed by atoms with Crippen LogP contribution >= 0.6 is 0 Å². The number of hydrogen-bond donors (Lipinski definition) is 2. The number of rotatable bonds is 2. The van der Waals surface area contributed by atoms with Crippen molar-refractivity contribution in [1.29, 1.82) is 0 Å². The molecular weight excluding hydrogens is 328 g/mol. The van der Waals surface area contributed by atoms with Crippen molar-refractivity contribution in [1.82, 2.24) is 0 Å². The third kappa shape index (κ3) is 1.97. The Morgan fingerprint density at radius 2 is 2.08 bits per heavy atom. The SMILES string of the molecule is C[C@@H]1C[C@@H]2[C@@H]3CCC4=CC(=O)C=C[C@@]4(C)C3=CC[C@]2(C)[C@@]1(O)C(=O)CO. The van der Waals surface area contributed by atoms with Crippen LogP contribution in [-0.2, 0) is 9.59 Å². The maximum atomic E-state index is 12.5. The summed E-state index contributed by atoms with van der Waals surface area (Å²) in [4.78, 5) is 24.3. The Balaban J connectivity index is 1.79. The van der Waals surface area contributed by atoms with E-state index >= 15 is 0 Å². The van der Waals surface area contributed by atoms with Gasteiger partial charge in [-0.15, -0.1) is 0 Å². The Morgan fingerprint density at radius 1 is 1.35 bits per heavy atom. The maximum Gasteiger partial charge on any atom is 0.190 e. The van der Waals surface area contributed by atoms with Crippen LogP contribution in [0.15, 0.2) is 35.5 Å². The van der Waals surface area contributed by atoms with E-state index in [9.17, 15) is 19.8 Å². The van der Waals surface area contributed by atoms with Crippen LogP contribution in [0.5, 0.6) is 0 Å². The van der Waals surface area contributed by atoms with E-state index in [0.717, 1.165) is 19.3 Å². The zero-order chi connectivity index (χ0) is 18.9. The fraction of sp³-hybridized carbons (Fsp3) is 0.636. The average Bonchev–Trinajstić information content (AvgIpc) is 2.83. The van der Waals surface area contributed by atoms with Gasteiger partial charge in [0.1, 0.15) is 12.2 Å². The predicted octanol–water partition coefficient (Wildman–Crippen LogP) is 2.75. The first kappa shape index (κ1) is 17.9. The first-order valence-corrected chi connectivity index (χ1v) is 9.70. The maximum absolute atomic E-state index is 12.5. The van der Waals surface area contributed by atoms with Crippen LogP contribution in [0.2, 0.25) is 0 Å². The molecule has 0 radical (unpaired) electrons. The zero-order valence-electron chi connectivity index (χ0n) is 15.8. The minimum atomic E-state index is -1.47. The minimum absolute atomic E-state index is 0.0644. The highest BCUT2D eigenvalue weighted by molar-refractivity contribution is 6.01. The van der Waals surface area contributed by atoms with Crippen molar-refractivity contribution in [2.75, 3.05) is 6.61 Å². The van der Waals surface area contributed by atoms with E-state index in [0.29, 0.717) is 12.3 Å². The first-order valence-electron chi connectivity index (χ1n) is 9.70. The minimum Gasteiger partial charge on any atom is -0.388 e. The van der Waals surface area contributed by atoms with Gasteiger partial charge in [0.25, 0.3) is 0 Å². The number of aliphatic hydroxyl groups excluding tert-OH is 1. The van der Waals surface area contributed by atoms with E-state index in [-0.39, 0.29) is 23.0 Å². The van der Waals surface area contributed by atoms with Gasteiger partial charge in [0.15, 0.2) is 11.6 Å². The van der Waals surface area contributed by atoms with Crippen LogP contribution in [0.1, 0.15) is 46.5 Å². The molecule has 0 unspecified atom stereocenters. The lowest BCUT2D eigenvalue weighted by atomic mass is 9.51. The van der Waals surface area contributed by atoms with Crippen molar-refractivity contribution >= 4 is 11.6 Å². The lowest BCUT2D eigenvalue weighted by Crippen LogP contribution is -2.57. The Hall–Kier alpha value is -1.52. The molecule has 2 saturated carbocycles. The molecule has 4 rings (SSSR count). The van der Waals surface area contributed by atoms with E-state index in [2.05, 4.69) is 13.0 Å². The fourth-order valence-electron chi connectivity index (χ4n) is 6.58. The molecule has 2 N–H and O–H groups in total. The number of carbonyl (C=O) groups excluding carboxylic acids is 2. The van der Waals surface area contributed by atoms with Gasteiger partial charge in [-0.05, 0) is 62.5 Å². The lowest BCUT2D eigenvalue weighted by molar-refractivity contribution is -0.161. The third-order valence-electron chi connectivity index (χ3n) is 8.10. The summed E-state index contributed by atoms with van der Waals surface area (Å²) in [6, 6.07) is 0. The molecule has 0 saturated heterocycles. The van der Waals surface area contributed by atoms with Gasteiger partial charge in [-0.25, -0.2) is 0 Å². The molecule has 0 amide bonds. The molecule has 4 heteroatoms. The van der Waals surface area contributed by atoms with Gasteiger partial charge in [-0.2, -0.15) is 0 Å². The molecular formula is C22H28O4. The predicted molar refractivity (Wildman–Crippen MR) is 98.2 cm³/mol. The quantitative estimate of drug-likeness (QED) is 0.746. The molecule has 6 atom stereocenters. The Bertz CT molecular complexity index is 775. The molecule has 0 spiro atoms. The summed E-state index contributed by atoms with van der Waals surface area (Å²) in [5.41, 5.74) is 0.289. The van der Waals surface area contributed by atoms with Gasteiger partial charge in [0.05, 0.1) is 0 Å². The van der Waals surface area contributed by atoms with E-state index in [1.807, 2.05) is 19.9 Å². The van der Waals surface area contributed by atoms with E-state index in [4.69, 9.17) is 0 Å². The van der Waals surface area contributed by atoms with Gasteiger partial charge in [-0.3, -0.25) is 9.59 Å². The number of aliphatic hydroxyl groups is 2. The van der Waals surface area contributed by atoms with Crippen LogP contribution < -0.4 is 0 Å². The molecule has 26 heavy (non-hydrogen) atoms. The number of fused-ring (bicyclic) bond motifs is 5. The average molecular weight is 356 g/mol. The summed E-state index contributed by atoms with van der Waals surface area (Å²) in [5, 5.41) is 20.9. The van der Waals surface area contributed by atoms with Crippen LogP contribution in [0, 0.1) is 28.6 Å². The smallest absolute Gasteiger partial charge is 0.190 e. The van der Waals surface area contributed by atoms with Gasteiger partial charge in [0, 0.05) is 10.8 Å². The highest BCUT2D eigenvalue weighted by Gasteiger charge is 2.66. The molecule has 0 aromatic heterocycles. The molecule has 2 fully saturated rings. The van der Waals surface area contributed by atoms with Crippen molar-refractivity contribution in [3.8, 4) is 0 Å². The summed E-state index contributed by atoms with van der Waals surface area (Å²) >= 11 is 0. The van der Waals surface area contributed by atoms with Gasteiger partial charge in [-0.1, -0.05) is 37.1 Å². The summed E-state index contributed by atoms with van der Waals surface area (Å²) in [5.74, 6) is -0.0376. The van der Waals surface area contributed by atoms with E-state index < -0.39 is 23.4 Å². The summed E-state index contributed by atoms with van der Waals surface area (Å²) in [6.45, 7) is 5.54. The third-order valence-corrected chi connectivity index (χ3v) is 8.10.